The first-order chi connectivity index (χ1) is 17.5. The van der Waals surface area contributed by atoms with Crippen molar-refractivity contribution in [1.29, 1.82) is 0 Å². The lowest BCUT2D eigenvalue weighted by Gasteiger charge is -2.30. The number of thioether (sulfide) groups is 1. The highest BCUT2D eigenvalue weighted by Gasteiger charge is 2.21. The van der Waals surface area contributed by atoms with Crippen molar-refractivity contribution in [3.05, 3.63) is 92.7 Å². The maximum atomic E-state index is 13.7. The van der Waals surface area contributed by atoms with Crippen LogP contribution in [0.3, 0.4) is 0 Å². The fourth-order valence-corrected chi connectivity index (χ4v) is 6.16. The highest BCUT2D eigenvalue weighted by atomic mass is 32.2. The third-order valence-electron chi connectivity index (χ3n) is 7.19. The molecule has 0 saturated carbocycles. The number of hydrogen-bond acceptors (Lipinski definition) is 5. The van der Waals surface area contributed by atoms with E-state index in [0.717, 1.165) is 90.9 Å². The average Bonchev–Trinajstić information content (AvgIpc) is 2.91. The van der Waals surface area contributed by atoms with Gasteiger partial charge < -0.3 is 9.64 Å². The molecule has 36 heavy (non-hydrogen) atoms. The number of aryl methyl sites for hydroxylation is 1. The maximum Gasteiger partial charge on any atom is 0.257 e. The molecule has 0 N–H and O–H groups in total. The van der Waals surface area contributed by atoms with Crippen molar-refractivity contribution in [2.45, 2.75) is 44.3 Å². The van der Waals surface area contributed by atoms with Crippen LogP contribution in [0, 0.1) is 12.7 Å². The van der Waals surface area contributed by atoms with Gasteiger partial charge in [-0.3, -0.25) is 9.36 Å². The number of nitrogens with zero attached hydrogens (tertiary/aromatic N) is 3. The van der Waals surface area contributed by atoms with Crippen molar-refractivity contribution in [3.63, 3.8) is 0 Å². The van der Waals surface area contributed by atoms with Crippen molar-refractivity contribution < 1.29 is 9.13 Å². The smallest absolute Gasteiger partial charge is 0.257 e. The van der Waals surface area contributed by atoms with Gasteiger partial charge in [0.15, 0.2) is 5.16 Å². The van der Waals surface area contributed by atoms with Gasteiger partial charge in [-0.05, 0) is 73.6 Å². The highest BCUT2D eigenvalue weighted by molar-refractivity contribution is 7.99. The number of methoxy groups -OCH3 is 1. The van der Waals surface area contributed by atoms with Crippen LogP contribution < -0.4 is 10.3 Å². The van der Waals surface area contributed by atoms with E-state index in [1.807, 2.05) is 35.8 Å². The van der Waals surface area contributed by atoms with E-state index in [0.29, 0.717) is 0 Å². The zero-order valence-electron chi connectivity index (χ0n) is 20.9. The second-order valence-electron chi connectivity index (χ2n) is 9.42. The van der Waals surface area contributed by atoms with Gasteiger partial charge in [0.2, 0.25) is 0 Å². The highest BCUT2D eigenvalue weighted by Crippen LogP contribution is 2.33. The Morgan fingerprint density at radius 2 is 1.69 bits per heavy atom. The van der Waals surface area contributed by atoms with Gasteiger partial charge in [-0.15, -0.1) is 0 Å². The number of ether oxygens (including phenoxy) is 1. The number of benzene rings is 2. The third kappa shape index (κ3) is 5.27. The predicted molar refractivity (Wildman–Crippen MR) is 143 cm³/mol. The van der Waals surface area contributed by atoms with Gasteiger partial charge in [0.1, 0.15) is 11.6 Å². The molecule has 0 spiro atoms. The van der Waals surface area contributed by atoms with Crippen molar-refractivity contribution in [1.82, 2.24) is 14.5 Å². The van der Waals surface area contributed by atoms with E-state index in [1.54, 1.807) is 18.9 Å². The second-order valence-corrected chi connectivity index (χ2v) is 10.5. The van der Waals surface area contributed by atoms with Crippen molar-refractivity contribution in [2.24, 2.45) is 0 Å². The van der Waals surface area contributed by atoms with Crippen LogP contribution in [0.25, 0.3) is 5.57 Å². The van der Waals surface area contributed by atoms with Gasteiger partial charge in [0.25, 0.3) is 5.56 Å². The van der Waals surface area contributed by atoms with Gasteiger partial charge >= 0.3 is 0 Å². The van der Waals surface area contributed by atoms with Crippen LogP contribution >= 0.6 is 11.8 Å². The summed E-state index contributed by atoms with van der Waals surface area (Å²) in [6, 6.07) is 14.9. The van der Waals surface area contributed by atoms with E-state index in [9.17, 15) is 9.18 Å². The van der Waals surface area contributed by atoms with Gasteiger partial charge in [-0.25, -0.2) is 9.37 Å². The molecule has 188 valence electrons. The Kier molecular flexibility index (Phi) is 7.58. The number of likely N-dealkylation sites (tertiary alicyclic amines) is 1. The first-order valence-electron chi connectivity index (χ1n) is 12.6. The Bertz CT molecular complexity index is 1310. The van der Waals surface area contributed by atoms with E-state index >= 15 is 0 Å². The summed E-state index contributed by atoms with van der Waals surface area (Å²) in [5.41, 5.74) is 6.58. The summed E-state index contributed by atoms with van der Waals surface area (Å²) >= 11 is 1.68. The fourth-order valence-electron chi connectivity index (χ4n) is 5.17. The number of rotatable bonds is 6. The van der Waals surface area contributed by atoms with E-state index in [2.05, 4.69) is 17.0 Å². The van der Waals surface area contributed by atoms with Crippen molar-refractivity contribution >= 4 is 17.3 Å². The minimum Gasteiger partial charge on any atom is -0.497 e. The lowest BCUT2D eigenvalue weighted by molar-refractivity contribution is 0.259. The minimum atomic E-state index is -0.228. The topological polar surface area (TPSA) is 47.4 Å². The molecule has 0 aliphatic carbocycles. The molecular formula is C29H32FN3O2S. The number of fused-ring (bicyclic) bond motifs is 1. The number of piperidine rings is 1. The van der Waals surface area contributed by atoms with E-state index in [1.165, 1.54) is 23.3 Å². The molecule has 0 unspecified atom stereocenters. The van der Waals surface area contributed by atoms with Crippen LogP contribution in [-0.4, -0.2) is 46.9 Å². The summed E-state index contributed by atoms with van der Waals surface area (Å²) in [7, 11) is 1.67. The van der Waals surface area contributed by atoms with Gasteiger partial charge in [0, 0.05) is 43.2 Å². The fraction of sp³-hybridized carbons (Fsp3) is 0.379. The van der Waals surface area contributed by atoms with Gasteiger partial charge in [-0.2, -0.15) is 0 Å². The van der Waals surface area contributed by atoms with E-state index in [4.69, 9.17) is 9.72 Å². The van der Waals surface area contributed by atoms with Crippen molar-refractivity contribution in [3.8, 4) is 5.75 Å². The summed E-state index contributed by atoms with van der Waals surface area (Å²) in [4.78, 5) is 20.2. The molecule has 2 aliphatic rings. The summed E-state index contributed by atoms with van der Waals surface area (Å²) in [6.45, 7) is 5.46. The first kappa shape index (κ1) is 24.8. The Balaban J connectivity index is 1.33. The Labute approximate surface area is 216 Å². The van der Waals surface area contributed by atoms with E-state index < -0.39 is 0 Å². The molecule has 2 aromatic carbocycles. The summed E-state index contributed by atoms with van der Waals surface area (Å²) in [5.74, 6) is 1.62. The molecule has 1 saturated heterocycles. The van der Waals surface area contributed by atoms with Crippen LogP contribution in [-0.2, 0) is 13.0 Å². The first-order valence-corrected chi connectivity index (χ1v) is 13.6. The molecule has 5 rings (SSSR count). The molecule has 3 heterocycles. The lowest BCUT2D eigenvalue weighted by Crippen LogP contribution is -2.35. The largest absolute Gasteiger partial charge is 0.497 e. The number of halogens is 1. The molecule has 5 nitrogen and oxygen atoms in total. The molecule has 0 radical (unpaired) electrons. The normalized spacial score (nSPS) is 16.0. The Hall–Kier alpha value is -2.90. The Morgan fingerprint density at radius 3 is 2.36 bits per heavy atom. The predicted octanol–water partition coefficient (Wildman–Crippen LogP) is 5.34. The molecular weight excluding hydrogens is 473 g/mol. The van der Waals surface area contributed by atoms with Crippen LogP contribution in [0.1, 0.15) is 41.6 Å². The van der Waals surface area contributed by atoms with Crippen LogP contribution in [0.4, 0.5) is 4.39 Å². The molecule has 0 amide bonds. The average molecular weight is 506 g/mol. The molecule has 1 aromatic heterocycles. The standard InChI is InChI=1S/C29H32FN3O2S/c1-20-26(28(34)33-15-3-19-36-29(33)31-20)14-18-32-16-12-23(13-17-32)27(21-4-8-24(30)9-5-21)22-6-10-25(35-2)11-7-22/h4-11H,3,12-19H2,1-2H3. The third-order valence-corrected chi connectivity index (χ3v) is 8.26. The van der Waals surface area contributed by atoms with Crippen molar-refractivity contribution in [2.75, 3.05) is 32.5 Å². The van der Waals surface area contributed by atoms with E-state index in [-0.39, 0.29) is 11.4 Å². The Morgan fingerprint density at radius 1 is 1.03 bits per heavy atom. The quantitative estimate of drug-likeness (QED) is 0.424. The monoisotopic (exact) mass is 505 g/mol. The lowest BCUT2D eigenvalue weighted by atomic mass is 9.88. The summed E-state index contributed by atoms with van der Waals surface area (Å²) in [6.07, 6.45) is 3.63. The number of aromatic nitrogens is 2. The van der Waals surface area contributed by atoms with Gasteiger partial charge in [-0.1, -0.05) is 41.6 Å². The van der Waals surface area contributed by atoms with Crippen LogP contribution in [0.15, 0.2) is 64.1 Å². The van der Waals surface area contributed by atoms with Crippen LogP contribution in [0.2, 0.25) is 0 Å². The molecule has 0 atom stereocenters. The molecule has 0 bridgehead atoms. The summed E-state index contributed by atoms with van der Waals surface area (Å²) < 4.78 is 20.8. The maximum absolute atomic E-state index is 13.7. The minimum absolute atomic E-state index is 0.139. The van der Waals surface area contributed by atoms with Gasteiger partial charge in [0.05, 0.1) is 7.11 Å². The SMILES string of the molecule is COc1ccc(C(=C2CCN(CCc3c(C)nc4n(c3=O)CCCS4)CC2)c2ccc(F)cc2)cc1. The zero-order valence-corrected chi connectivity index (χ0v) is 21.7. The zero-order chi connectivity index (χ0) is 25.1. The second kappa shape index (κ2) is 11.0. The molecule has 1 fully saturated rings. The molecule has 2 aliphatic heterocycles. The molecule has 7 heteroatoms. The number of hydrogen-bond donors (Lipinski definition) is 0. The molecule has 3 aromatic rings. The summed E-state index contributed by atoms with van der Waals surface area (Å²) in [5, 5.41) is 0.868. The van der Waals surface area contributed by atoms with Crippen LogP contribution in [0.5, 0.6) is 5.75 Å².